The fourth-order valence-electron chi connectivity index (χ4n) is 3.77. The molecule has 5 nitrogen and oxygen atoms in total. The molecule has 186 valence electrons. The average molecular weight is 486 g/mol. The maximum Gasteiger partial charge on any atom is 0.416 e. The minimum absolute atomic E-state index is 0.0826. The zero-order valence-electron chi connectivity index (χ0n) is 20.0. The number of benzene rings is 2. The molecule has 35 heavy (non-hydrogen) atoms. The molecule has 0 aliphatic carbocycles. The van der Waals surface area contributed by atoms with Gasteiger partial charge in [0.25, 0.3) is 5.91 Å². The monoisotopic (exact) mass is 485 g/mol. The van der Waals surface area contributed by atoms with Crippen LogP contribution in [0, 0.1) is 0 Å². The first-order chi connectivity index (χ1) is 16.7. The van der Waals surface area contributed by atoms with Gasteiger partial charge in [-0.3, -0.25) is 9.59 Å². The molecular formula is C27H30F3N3O2. The number of hydrogen-bond donors (Lipinski definition) is 0. The van der Waals surface area contributed by atoms with Gasteiger partial charge in [-0.15, -0.1) is 0 Å². The summed E-state index contributed by atoms with van der Waals surface area (Å²) in [6.07, 6.45) is -1.25. The molecule has 0 saturated heterocycles. The molecule has 0 atom stereocenters. The standard InChI is InChI=1S/C27H30F3N3O2/c1-3-4-16-32(26(35)22-12-8-13-23(17-22)27(28,29)30)20-25(34)33(18-21-10-6-5-7-11-21)19-24-14-9-15-31(24)2/h5-15,17H,3-4,16,18-20H2,1-2H3. The predicted molar refractivity (Wildman–Crippen MR) is 128 cm³/mol. The van der Waals surface area contributed by atoms with Crippen molar-refractivity contribution in [1.82, 2.24) is 14.4 Å². The number of carbonyl (C=O) groups excluding carboxylic acids is 2. The van der Waals surface area contributed by atoms with E-state index in [4.69, 9.17) is 0 Å². The topological polar surface area (TPSA) is 45.6 Å². The van der Waals surface area contributed by atoms with Crippen LogP contribution < -0.4 is 0 Å². The largest absolute Gasteiger partial charge is 0.416 e. The first-order valence-corrected chi connectivity index (χ1v) is 11.6. The van der Waals surface area contributed by atoms with Gasteiger partial charge in [-0.2, -0.15) is 13.2 Å². The first kappa shape index (κ1) is 26.1. The lowest BCUT2D eigenvalue weighted by atomic mass is 10.1. The van der Waals surface area contributed by atoms with Crippen molar-refractivity contribution in [2.75, 3.05) is 13.1 Å². The van der Waals surface area contributed by atoms with E-state index in [1.165, 1.54) is 17.0 Å². The van der Waals surface area contributed by atoms with Gasteiger partial charge in [-0.05, 0) is 42.3 Å². The van der Waals surface area contributed by atoms with E-state index in [9.17, 15) is 22.8 Å². The van der Waals surface area contributed by atoms with Gasteiger partial charge in [-0.25, -0.2) is 0 Å². The van der Waals surface area contributed by atoms with Crippen LogP contribution in [0.15, 0.2) is 72.9 Å². The Balaban J connectivity index is 1.84. The Hall–Kier alpha value is -3.55. The van der Waals surface area contributed by atoms with Crippen molar-refractivity contribution >= 4 is 11.8 Å². The SMILES string of the molecule is CCCCN(CC(=O)N(Cc1ccccc1)Cc1cccn1C)C(=O)c1cccc(C(F)(F)F)c1. The highest BCUT2D eigenvalue weighted by Crippen LogP contribution is 2.29. The minimum Gasteiger partial charge on any atom is -0.353 e. The number of unbranched alkanes of at least 4 members (excludes halogenated alkanes) is 1. The number of hydrogen-bond acceptors (Lipinski definition) is 2. The third-order valence-electron chi connectivity index (χ3n) is 5.80. The molecule has 1 heterocycles. The fourth-order valence-corrected chi connectivity index (χ4v) is 3.77. The Labute approximate surface area is 203 Å². The summed E-state index contributed by atoms with van der Waals surface area (Å²) in [7, 11) is 1.89. The Kier molecular flexibility index (Phi) is 8.73. The van der Waals surface area contributed by atoms with Crippen molar-refractivity contribution in [2.45, 2.75) is 39.0 Å². The van der Waals surface area contributed by atoms with Crippen LogP contribution >= 0.6 is 0 Å². The minimum atomic E-state index is -4.55. The molecule has 1 aromatic heterocycles. The van der Waals surface area contributed by atoms with E-state index in [0.717, 1.165) is 29.8 Å². The third kappa shape index (κ3) is 7.21. The molecule has 0 spiro atoms. The molecule has 3 rings (SSSR count). The van der Waals surface area contributed by atoms with E-state index in [2.05, 4.69) is 0 Å². The van der Waals surface area contributed by atoms with Crippen molar-refractivity contribution in [2.24, 2.45) is 7.05 Å². The lowest BCUT2D eigenvalue weighted by Gasteiger charge is -2.28. The normalized spacial score (nSPS) is 11.3. The zero-order valence-corrected chi connectivity index (χ0v) is 20.0. The van der Waals surface area contributed by atoms with Gasteiger partial charge in [0.1, 0.15) is 6.54 Å². The summed E-state index contributed by atoms with van der Waals surface area (Å²) in [5.74, 6) is -0.858. The summed E-state index contributed by atoms with van der Waals surface area (Å²) >= 11 is 0. The molecule has 0 bridgehead atoms. The van der Waals surface area contributed by atoms with E-state index in [-0.39, 0.29) is 24.6 Å². The molecule has 0 N–H and O–H groups in total. The van der Waals surface area contributed by atoms with Crippen LogP contribution in [-0.2, 0) is 31.1 Å². The number of aromatic nitrogens is 1. The van der Waals surface area contributed by atoms with Crippen LogP contribution in [0.1, 0.15) is 46.9 Å². The number of aryl methyl sites for hydroxylation is 1. The molecule has 0 aliphatic heterocycles. The highest BCUT2D eigenvalue weighted by molar-refractivity contribution is 5.96. The fraction of sp³-hybridized carbons (Fsp3) is 0.333. The molecule has 2 aromatic carbocycles. The van der Waals surface area contributed by atoms with Crippen LogP contribution in [-0.4, -0.2) is 39.3 Å². The second kappa shape index (κ2) is 11.7. The molecule has 0 radical (unpaired) electrons. The molecule has 0 unspecified atom stereocenters. The molecule has 0 aliphatic rings. The van der Waals surface area contributed by atoms with Crippen molar-refractivity contribution in [3.05, 3.63) is 95.3 Å². The van der Waals surface area contributed by atoms with E-state index in [1.807, 2.05) is 67.2 Å². The molecule has 8 heteroatoms. The van der Waals surface area contributed by atoms with Crippen molar-refractivity contribution in [3.8, 4) is 0 Å². The first-order valence-electron chi connectivity index (χ1n) is 11.6. The Morgan fingerprint density at radius 3 is 2.29 bits per heavy atom. The summed E-state index contributed by atoms with van der Waals surface area (Å²) in [4.78, 5) is 29.7. The maximum absolute atomic E-state index is 13.5. The van der Waals surface area contributed by atoms with Gasteiger partial charge in [0.05, 0.1) is 12.1 Å². The van der Waals surface area contributed by atoms with Gasteiger partial charge in [-0.1, -0.05) is 49.7 Å². The van der Waals surface area contributed by atoms with Crippen LogP contribution in [0.5, 0.6) is 0 Å². The van der Waals surface area contributed by atoms with E-state index < -0.39 is 17.6 Å². The van der Waals surface area contributed by atoms with Gasteiger partial charge in [0.2, 0.25) is 5.91 Å². The van der Waals surface area contributed by atoms with Crippen LogP contribution in [0.4, 0.5) is 13.2 Å². The van der Waals surface area contributed by atoms with E-state index >= 15 is 0 Å². The highest BCUT2D eigenvalue weighted by Gasteiger charge is 2.31. The van der Waals surface area contributed by atoms with Crippen LogP contribution in [0.25, 0.3) is 0 Å². The molecule has 0 fully saturated rings. The maximum atomic E-state index is 13.5. The predicted octanol–water partition coefficient (Wildman–Crippen LogP) is 5.52. The van der Waals surface area contributed by atoms with Gasteiger partial charge in [0.15, 0.2) is 0 Å². The van der Waals surface area contributed by atoms with Crippen LogP contribution in [0.2, 0.25) is 0 Å². The van der Waals surface area contributed by atoms with Crippen molar-refractivity contribution in [1.29, 1.82) is 0 Å². The molecule has 2 amide bonds. The van der Waals surface area contributed by atoms with Gasteiger partial charge >= 0.3 is 6.18 Å². The summed E-state index contributed by atoms with van der Waals surface area (Å²) in [5, 5.41) is 0. The number of rotatable bonds is 10. The smallest absolute Gasteiger partial charge is 0.353 e. The number of amides is 2. The molecule has 0 saturated carbocycles. The third-order valence-corrected chi connectivity index (χ3v) is 5.80. The lowest BCUT2D eigenvalue weighted by Crippen LogP contribution is -2.43. The van der Waals surface area contributed by atoms with E-state index in [0.29, 0.717) is 19.5 Å². The van der Waals surface area contributed by atoms with Crippen molar-refractivity contribution < 1.29 is 22.8 Å². The van der Waals surface area contributed by atoms with Gasteiger partial charge < -0.3 is 14.4 Å². The number of halogens is 3. The average Bonchev–Trinajstić information content (AvgIpc) is 3.25. The number of carbonyl (C=O) groups is 2. The molecular weight excluding hydrogens is 455 g/mol. The Morgan fingerprint density at radius 2 is 1.66 bits per heavy atom. The Morgan fingerprint density at radius 1 is 0.914 bits per heavy atom. The Bertz CT molecular complexity index is 1130. The zero-order chi connectivity index (χ0) is 25.4. The highest BCUT2D eigenvalue weighted by atomic mass is 19.4. The summed E-state index contributed by atoms with van der Waals surface area (Å²) in [5.41, 5.74) is 0.901. The number of nitrogens with zero attached hydrogens (tertiary/aromatic N) is 3. The lowest BCUT2D eigenvalue weighted by molar-refractivity contribution is -0.137. The molecule has 3 aromatic rings. The summed E-state index contributed by atoms with van der Waals surface area (Å²) < 4.78 is 41.5. The van der Waals surface area contributed by atoms with Crippen LogP contribution in [0.3, 0.4) is 0 Å². The van der Waals surface area contributed by atoms with Crippen molar-refractivity contribution in [3.63, 3.8) is 0 Å². The summed E-state index contributed by atoms with van der Waals surface area (Å²) in [6, 6.07) is 17.7. The van der Waals surface area contributed by atoms with E-state index in [1.54, 1.807) is 4.90 Å². The number of alkyl halides is 3. The second-order valence-corrected chi connectivity index (χ2v) is 8.50. The second-order valence-electron chi connectivity index (χ2n) is 8.50. The summed E-state index contributed by atoms with van der Waals surface area (Å²) in [6.45, 7) is 2.71. The van der Waals surface area contributed by atoms with Gasteiger partial charge in [0, 0.05) is 37.6 Å². The quantitative estimate of drug-likeness (QED) is 0.380.